The summed E-state index contributed by atoms with van der Waals surface area (Å²) in [5.74, 6) is 5.43. The van der Waals surface area contributed by atoms with Crippen LogP contribution in [0.4, 0.5) is 0 Å². The molecule has 16 atom stereocenters. The first-order valence-corrected chi connectivity index (χ1v) is 34.9. The molecule has 0 aromatic rings. The molecular weight excluding hydrogens is 1070 g/mol. The van der Waals surface area contributed by atoms with Gasteiger partial charge in [-0.3, -0.25) is 0 Å². The van der Waals surface area contributed by atoms with E-state index in [1.807, 2.05) is 0 Å². The summed E-state index contributed by atoms with van der Waals surface area (Å²) in [6.45, 7) is 35.3. The van der Waals surface area contributed by atoms with Crippen LogP contribution in [0.1, 0.15) is 208 Å². The SMILES string of the molecule is C=C1CCC2[C@](C)(CO)[C@H](O)CC[C@@]2(C)[C@@H]1CCN1CCC(CO)CC1.C=C1CCC2[C@](C)(CO)[C@H](O)CC[C@@]2(C)[C@@H]1CCN1CCC(CO)CC1.C[C@@]12CO[C@@H](C3CCCC3)O[C@@H]1CC[C@]1(C)C2CCC[C@H]1CCN1CCC(CO)CC1.Cl. The van der Waals surface area contributed by atoms with Gasteiger partial charge < -0.3 is 59.9 Å². The van der Waals surface area contributed by atoms with E-state index in [9.17, 15) is 35.7 Å². The molecule has 0 amide bonds. The van der Waals surface area contributed by atoms with Gasteiger partial charge in [-0.15, -0.1) is 12.4 Å². The smallest absolute Gasteiger partial charge is 0.160 e. The van der Waals surface area contributed by atoms with Gasteiger partial charge in [0.2, 0.25) is 0 Å². The minimum Gasteiger partial charge on any atom is -0.396 e. The van der Waals surface area contributed by atoms with E-state index in [1.54, 1.807) is 0 Å². The second kappa shape index (κ2) is 29.7. The number of fused-ring (bicyclic) bond motifs is 5. The number of hydrogen-bond donors (Lipinski definition) is 7. The van der Waals surface area contributed by atoms with Crippen molar-refractivity contribution in [1.29, 1.82) is 0 Å². The van der Waals surface area contributed by atoms with Crippen LogP contribution < -0.4 is 0 Å². The molecular formula is C71H126ClN3O9. The summed E-state index contributed by atoms with van der Waals surface area (Å²) in [5.41, 5.74) is 2.90. The van der Waals surface area contributed by atoms with Gasteiger partial charge in [-0.25, -0.2) is 0 Å². The highest BCUT2D eigenvalue weighted by molar-refractivity contribution is 5.85. The number of rotatable bonds is 15. The molecule has 7 N–H and O–H groups in total. The lowest BCUT2D eigenvalue weighted by Gasteiger charge is -2.62. The van der Waals surface area contributed by atoms with E-state index in [0.717, 1.165) is 148 Å². The Hall–Kier alpha value is -0.710. The van der Waals surface area contributed by atoms with Crippen LogP contribution in [-0.4, -0.2) is 174 Å². The van der Waals surface area contributed by atoms with E-state index >= 15 is 0 Å². The highest BCUT2D eigenvalue weighted by Crippen LogP contribution is 2.65. The van der Waals surface area contributed by atoms with Gasteiger partial charge in [0, 0.05) is 42.0 Å². The third-order valence-electron chi connectivity index (χ3n) is 27.4. The van der Waals surface area contributed by atoms with Crippen LogP contribution in [0.15, 0.2) is 24.3 Å². The van der Waals surface area contributed by atoms with Crippen molar-refractivity contribution in [3.05, 3.63) is 24.3 Å². The molecule has 4 aliphatic heterocycles. The molecule has 0 spiro atoms. The Kier molecular flexibility index (Phi) is 24.5. The van der Waals surface area contributed by atoms with Gasteiger partial charge in [-0.2, -0.15) is 0 Å². The molecule has 0 aromatic carbocycles. The molecule has 11 fully saturated rings. The number of allylic oxidation sites excluding steroid dienone is 2. The van der Waals surface area contributed by atoms with Gasteiger partial charge in [0.05, 0.1) is 38.1 Å². The van der Waals surface area contributed by atoms with Crippen molar-refractivity contribution < 1.29 is 45.2 Å². The van der Waals surface area contributed by atoms with E-state index in [2.05, 4.69) is 69.4 Å². The molecule has 7 saturated carbocycles. The van der Waals surface area contributed by atoms with Gasteiger partial charge in [0.1, 0.15) is 0 Å². The lowest BCUT2D eigenvalue weighted by atomic mass is 9.46. The summed E-state index contributed by atoms with van der Waals surface area (Å²) in [7, 11) is 0. The Labute approximate surface area is 517 Å². The Morgan fingerprint density at radius 1 is 0.464 bits per heavy atom. The predicted octanol–water partition coefficient (Wildman–Crippen LogP) is 11.3. The molecule has 7 aliphatic carbocycles. The van der Waals surface area contributed by atoms with Crippen molar-refractivity contribution in [2.24, 2.45) is 91.7 Å². The topological polar surface area (TPSA) is 170 Å². The molecule has 486 valence electrons. The van der Waals surface area contributed by atoms with Gasteiger partial charge in [0.15, 0.2) is 6.29 Å². The van der Waals surface area contributed by atoms with Crippen molar-refractivity contribution in [3.63, 3.8) is 0 Å². The first-order valence-electron chi connectivity index (χ1n) is 34.9. The van der Waals surface area contributed by atoms with Crippen molar-refractivity contribution in [3.8, 4) is 0 Å². The zero-order valence-electron chi connectivity index (χ0n) is 54.2. The van der Waals surface area contributed by atoms with Crippen LogP contribution in [0.3, 0.4) is 0 Å². The number of nitrogens with zero attached hydrogens (tertiary/aromatic N) is 3. The number of ether oxygens (including phenoxy) is 2. The highest BCUT2D eigenvalue weighted by atomic mass is 35.5. The average molecular weight is 1200 g/mol. The largest absolute Gasteiger partial charge is 0.396 e. The van der Waals surface area contributed by atoms with Crippen LogP contribution in [0.25, 0.3) is 0 Å². The fourth-order valence-electron chi connectivity index (χ4n) is 21.4. The Bertz CT molecular complexity index is 1970. The standard InChI is InChI=1S/C27H47NO3.2C22H39NO3.ClH/c1-26-14-10-24-27(2,19-30-25(31-24)21-6-3-4-7-21)23(26)9-5-8-22(26)13-17-28-15-11-20(18-29)12-16-28;2*1-16-4-5-19-21(2,10-6-20(26)22(19,3)15-25)18(16)9-13-23-11-7-17(14-24)8-12-23;/h20-25,29H,3-19H2,1-2H3;2*17-20,24-26H,1,4-15H2,2-3H3;1H/t22-,23?,24+,25+,26-,27-;2*18-,19?,20-,21+,22+;/m011./s1. The summed E-state index contributed by atoms with van der Waals surface area (Å²) in [5, 5.41) is 69.5. The zero-order chi connectivity index (χ0) is 59.4. The quantitative estimate of drug-likeness (QED) is 0.0776. The molecule has 11 rings (SSSR count). The molecule has 0 radical (unpaired) electrons. The Morgan fingerprint density at radius 3 is 1.30 bits per heavy atom. The van der Waals surface area contributed by atoms with E-state index in [0.29, 0.717) is 78.7 Å². The Morgan fingerprint density at radius 2 is 0.881 bits per heavy atom. The Balaban J connectivity index is 0.000000164. The molecule has 13 heteroatoms. The van der Waals surface area contributed by atoms with Crippen molar-refractivity contribution in [2.75, 3.05) is 98.5 Å². The van der Waals surface area contributed by atoms with Crippen LogP contribution in [-0.2, 0) is 9.47 Å². The lowest BCUT2D eigenvalue weighted by Crippen LogP contribution is -2.61. The minimum atomic E-state index is -0.393. The molecule has 0 bridgehead atoms. The summed E-state index contributed by atoms with van der Waals surface area (Å²) in [6, 6.07) is 0. The third-order valence-corrected chi connectivity index (χ3v) is 27.4. The normalized spacial score (nSPS) is 43.2. The average Bonchev–Trinajstić information content (AvgIpc) is 1.17. The number of hydrogen-bond acceptors (Lipinski definition) is 12. The number of likely N-dealkylation sites (tertiary alicyclic amines) is 3. The van der Waals surface area contributed by atoms with E-state index < -0.39 is 12.2 Å². The maximum atomic E-state index is 10.6. The summed E-state index contributed by atoms with van der Waals surface area (Å²) < 4.78 is 13.2. The van der Waals surface area contributed by atoms with Crippen LogP contribution in [0.5, 0.6) is 0 Å². The number of piperidine rings is 3. The monoisotopic (exact) mass is 1200 g/mol. The maximum absolute atomic E-state index is 10.6. The highest BCUT2D eigenvalue weighted by Gasteiger charge is 2.61. The third kappa shape index (κ3) is 14.3. The number of halogens is 1. The van der Waals surface area contributed by atoms with Crippen LogP contribution in [0, 0.1) is 91.7 Å². The fraction of sp³-hybridized carbons (Fsp3) is 0.944. The lowest BCUT2D eigenvalue weighted by molar-refractivity contribution is -0.317. The summed E-state index contributed by atoms with van der Waals surface area (Å²) in [6.07, 6.45) is 29.9. The zero-order valence-corrected chi connectivity index (χ0v) is 55.0. The molecule has 11 aliphatic rings. The predicted molar refractivity (Wildman–Crippen MR) is 340 cm³/mol. The first-order chi connectivity index (χ1) is 39.7. The van der Waals surface area contributed by atoms with E-state index in [4.69, 9.17) is 9.47 Å². The molecule has 4 heterocycles. The second-order valence-electron chi connectivity index (χ2n) is 31.9. The van der Waals surface area contributed by atoms with E-state index in [1.165, 1.54) is 108 Å². The number of aliphatic hydroxyl groups is 7. The fourth-order valence-corrected chi connectivity index (χ4v) is 21.4. The van der Waals surface area contributed by atoms with Crippen LogP contribution in [0.2, 0.25) is 0 Å². The molecule has 4 saturated heterocycles. The van der Waals surface area contributed by atoms with Gasteiger partial charge >= 0.3 is 0 Å². The molecule has 0 aromatic heterocycles. The van der Waals surface area contributed by atoms with Crippen molar-refractivity contribution in [2.45, 2.75) is 233 Å². The van der Waals surface area contributed by atoms with Crippen LogP contribution >= 0.6 is 12.4 Å². The summed E-state index contributed by atoms with van der Waals surface area (Å²) in [4.78, 5) is 7.77. The number of aliphatic hydroxyl groups excluding tert-OH is 7. The minimum absolute atomic E-state index is 0. The first kappa shape index (κ1) is 69.2. The second-order valence-corrected chi connectivity index (χ2v) is 31.9. The molecule has 84 heavy (non-hydrogen) atoms. The van der Waals surface area contributed by atoms with E-state index in [-0.39, 0.29) is 59.0 Å². The maximum Gasteiger partial charge on any atom is 0.160 e. The van der Waals surface area contributed by atoms with Crippen molar-refractivity contribution >= 4 is 12.4 Å². The van der Waals surface area contributed by atoms with Gasteiger partial charge in [-0.05, 0) is 276 Å². The van der Waals surface area contributed by atoms with Crippen molar-refractivity contribution in [1.82, 2.24) is 14.7 Å². The van der Waals surface area contributed by atoms with Gasteiger partial charge in [0.25, 0.3) is 0 Å². The molecule has 3 unspecified atom stereocenters. The summed E-state index contributed by atoms with van der Waals surface area (Å²) >= 11 is 0. The van der Waals surface area contributed by atoms with Gasteiger partial charge in [-0.1, -0.05) is 85.1 Å². The molecule has 12 nitrogen and oxygen atoms in total.